The van der Waals surface area contributed by atoms with Gasteiger partial charge in [0.1, 0.15) is 0 Å². The van der Waals surface area contributed by atoms with Gasteiger partial charge in [0.05, 0.1) is 13.2 Å². The second kappa shape index (κ2) is 9.53. The Hall–Kier alpha value is -1.59. The Morgan fingerprint density at radius 1 is 1.22 bits per heavy atom. The lowest BCUT2D eigenvalue weighted by Gasteiger charge is -2.26. The van der Waals surface area contributed by atoms with Gasteiger partial charge in [-0.25, -0.2) is 0 Å². The maximum atomic E-state index is 11.9. The third kappa shape index (κ3) is 6.20. The minimum atomic E-state index is 0.104. The number of amides is 1. The van der Waals surface area contributed by atoms with Gasteiger partial charge in [0, 0.05) is 44.8 Å². The quantitative estimate of drug-likeness (QED) is 0.770. The summed E-state index contributed by atoms with van der Waals surface area (Å²) in [6.07, 6.45) is 0.496. The number of anilines is 1. The number of ether oxygens (including phenoxy) is 1. The maximum absolute atomic E-state index is 11.9. The summed E-state index contributed by atoms with van der Waals surface area (Å²) in [6.45, 7) is 10.2. The average Bonchev–Trinajstić information content (AvgIpc) is 2.56. The average molecular weight is 319 g/mol. The first-order valence-corrected chi connectivity index (χ1v) is 8.56. The molecule has 23 heavy (non-hydrogen) atoms. The van der Waals surface area contributed by atoms with Crippen LogP contribution >= 0.6 is 0 Å². The van der Waals surface area contributed by atoms with Crippen LogP contribution in [0.15, 0.2) is 24.3 Å². The highest BCUT2D eigenvalue weighted by molar-refractivity contribution is 5.76. The van der Waals surface area contributed by atoms with Crippen LogP contribution in [0.1, 0.15) is 31.7 Å². The van der Waals surface area contributed by atoms with Crippen LogP contribution in [-0.4, -0.2) is 56.7 Å². The fourth-order valence-electron chi connectivity index (χ4n) is 2.74. The molecule has 128 valence electrons. The van der Waals surface area contributed by atoms with Crippen molar-refractivity contribution in [1.82, 2.24) is 10.2 Å². The first-order chi connectivity index (χ1) is 11.2. The summed E-state index contributed by atoms with van der Waals surface area (Å²) in [5.41, 5.74) is 2.42. The van der Waals surface area contributed by atoms with Crippen LogP contribution in [0.5, 0.6) is 0 Å². The highest BCUT2D eigenvalue weighted by atomic mass is 16.5. The Morgan fingerprint density at radius 2 is 1.96 bits per heavy atom. The van der Waals surface area contributed by atoms with Crippen molar-refractivity contribution in [2.24, 2.45) is 0 Å². The maximum Gasteiger partial charge on any atom is 0.221 e. The molecule has 2 rings (SSSR count). The Balaban J connectivity index is 1.63. The molecule has 1 amide bonds. The van der Waals surface area contributed by atoms with E-state index >= 15 is 0 Å². The zero-order chi connectivity index (χ0) is 16.5. The van der Waals surface area contributed by atoms with Crippen molar-refractivity contribution < 1.29 is 9.53 Å². The number of benzene rings is 1. The van der Waals surface area contributed by atoms with Gasteiger partial charge in [0.2, 0.25) is 5.91 Å². The number of nitrogens with zero attached hydrogens (tertiary/aromatic N) is 1. The molecule has 5 nitrogen and oxygen atoms in total. The Morgan fingerprint density at radius 3 is 2.70 bits per heavy atom. The lowest BCUT2D eigenvalue weighted by atomic mass is 10.0. The molecule has 0 saturated carbocycles. The first-order valence-electron chi connectivity index (χ1n) is 8.56. The van der Waals surface area contributed by atoms with E-state index in [0.717, 1.165) is 38.5 Å². The highest BCUT2D eigenvalue weighted by Gasteiger charge is 2.10. The number of morpholine rings is 1. The molecule has 0 bridgehead atoms. The molecule has 0 radical (unpaired) electrons. The molecule has 1 aromatic rings. The van der Waals surface area contributed by atoms with E-state index in [1.807, 2.05) is 6.07 Å². The smallest absolute Gasteiger partial charge is 0.221 e. The third-order valence-corrected chi connectivity index (χ3v) is 4.10. The number of carbonyl (C=O) groups is 1. The summed E-state index contributed by atoms with van der Waals surface area (Å²) in [7, 11) is 0. The molecular formula is C18H29N3O2. The predicted octanol–water partition coefficient (Wildman–Crippen LogP) is 2.06. The molecular weight excluding hydrogens is 290 g/mol. The summed E-state index contributed by atoms with van der Waals surface area (Å²) < 4.78 is 5.31. The number of hydrogen-bond acceptors (Lipinski definition) is 4. The third-order valence-electron chi connectivity index (χ3n) is 4.10. The molecule has 1 aromatic carbocycles. The Bertz CT molecular complexity index is 485. The van der Waals surface area contributed by atoms with Crippen molar-refractivity contribution in [2.75, 3.05) is 51.3 Å². The molecule has 0 atom stereocenters. The van der Waals surface area contributed by atoms with Gasteiger partial charge in [-0.15, -0.1) is 0 Å². The number of carbonyl (C=O) groups excluding carboxylic acids is 1. The summed E-state index contributed by atoms with van der Waals surface area (Å²) in [6, 6.07) is 8.29. The topological polar surface area (TPSA) is 53.6 Å². The van der Waals surface area contributed by atoms with Gasteiger partial charge in [-0.2, -0.15) is 0 Å². The van der Waals surface area contributed by atoms with E-state index in [-0.39, 0.29) is 5.91 Å². The number of nitrogens with one attached hydrogen (secondary N) is 2. The molecule has 1 saturated heterocycles. The fraction of sp³-hybridized carbons (Fsp3) is 0.611. The van der Waals surface area contributed by atoms with E-state index in [0.29, 0.717) is 25.4 Å². The molecule has 0 aromatic heterocycles. The van der Waals surface area contributed by atoms with Gasteiger partial charge >= 0.3 is 0 Å². The zero-order valence-electron chi connectivity index (χ0n) is 14.3. The van der Waals surface area contributed by atoms with Crippen LogP contribution in [0, 0.1) is 0 Å². The molecule has 0 aliphatic carbocycles. The van der Waals surface area contributed by atoms with Crippen LogP contribution in [0.25, 0.3) is 0 Å². The number of hydrogen-bond donors (Lipinski definition) is 2. The highest BCUT2D eigenvalue weighted by Crippen LogP contribution is 2.23. The van der Waals surface area contributed by atoms with Crippen LogP contribution in [0.2, 0.25) is 0 Å². The van der Waals surface area contributed by atoms with Crippen LogP contribution < -0.4 is 10.6 Å². The summed E-state index contributed by atoms with van der Waals surface area (Å²) >= 11 is 0. The standard InChI is InChI=1S/C18H29N3O2/c1-15(2)16-5-3-4-6-17(16)19-8-7-18(22)20-9-10-21-11-13-23-14-12-21/h3-6,15,19H,7-14H2,1-2H3,(H,20,22). The summed E-state index contributed by atoms with van der Waals surface area (Å²) in [5, 5.41) is 6.37. The molecule has 0 spiro atoms. The largest absolute Gasteiger partial charge is 0.384 e. The predicted molar refractivity (Wildman–Crippen MR) is 93.9 cm³/mol. The van der Waals surface area contributed by atoms with E-state index in [9.17, 15) is 4.79 Å². The SMILES string of the molecule is CC(C)c1ccccc1NCCC(=O)NCCN1CCOCC1. The van der Waals surface area contributed by atoms with Crippen molar-refractivity contribution >= 4 is 11.6 Å². The number of rotatable bonds is 8. The fourth-order valence-corrected chi connectivity index (χ4v) is 2.74. The van der Waals surface area contributed by atoms with Crippen LogP contribution in [0.3, 0.4) is 0 Å². The van der Waals surface area contributed by atoms with E-state index in [1.165, 1.54) is 5.56 Å². The minimum Gasteiger partial charge on any atom is -0.384 e. The van der Waals surface area contributed by atoms with Crippen molar-refractivity contribution in [3.63, 3.8) is 0 Å². The lowest BCUT2D eigenvalue weighted by Crippen LogP contribution is -2.41. The zero-order valence-corrected chi connectivity index (χ0v) is 14.3. The van der Waals surface area contributed by atoms with Gasteiger partial charge < -0.3 is 15.4 Å². The van der Waals surface area contributed by atoms with Gasteiger partial charge in [0.15, 0.2) is 0 Å². The second-order valence-corrected chi connectivity index (χ2v) is 6.22. The van der Waals surface area contributed by atoms with Gasteiger partial charge in [-0.05, 0) is 17.5 Å². The van der Waals surface area contributed by atoms with Crippen molar-refractivity contribution in [2.45, 2.75) is 26.2 Å². The summed E-state index contributed by atoms with van der Waals surface area (Å²) in [4.78, 5) is 14.2. The van der Waals surface area contributed by atoms with Crippen LogP contribution in [0.4, 0.5) is 5.69 Å². The van der Waals surface area contributed by atoms with Crippen molar-refractivity contribution in [3.05, 3.63) is 29.8 Å². The van der Waals surface area contributed by atoms with E-state index in [2.05, 4.69) is 47.6 Å². The number of para-hydroxylation sites is 1. The van der Waals surface area contributed by atoms with Gasteiger partial charge in [-0.1, -0.05) is 32.0 Å². The molecule has 1 aliphatic heterocycles. The first kappa shape index (κ1) is 17.8. The molecule has 1 aliphatic rings. The second-order valence-electron chi connectivity index (χ2n) is 6.22. The Labute approximate surface area is 139 Å². The molecule has 0 unspecified atom stereocenters. The molecule has 2 N–H and O–H groups in total. The normalized spacial score (nSPS) is 15.6. The lowest BCUT2D eigenvalue weighted by molar-refractivity contribution is -0.120. The minimum absolute atomic E-state index is 0.104. The monoisotopic (exact) mass is 319 g/mol. The van der Waals surface area contributed by atoms with Crippen molar-refractivity contribution in [1.29, 1.82) is 0 Å². The van der Waals surface area contributed by atoms with Gasteiger partial charge in [0.25, 0.3) is 0 Å². The van der Waals surface area contributed by atoms with Crippen LogP contribution in [-0.2, 0) is 9.53 Å². The van der Waals surface area contributed by atoms with E-state index in [4.69, 9.17) is 4.74 Å². The molecule has 1 fully saturated rings. The van der Waals surface area contributed by atoms with Crippen molar-refractivity contribution in [3.8, 4) is 0 Å². The Kier molecular flexibility index (Phi) is 7.36. The molecule has 5 heteroatoms. The molecule has 1 heterocycles. The van der Waals surface area contributed by atoms with E-state index < -0.39 is 0 Å². The summed E-state index contributed by atoms with van der Waals surface area (Å²) in [5.74, 6) is 0.578. The van der Waals surface area contributed by atoms with E-state index in [1.54, 1.807) is 0 Å². The van der Waals surface area contributed by atoms with Gasteiger partial charge in [-0.3, -0.25) is 9.69 Å².